The third-order valence-electron chi connectivity index (χ3n) is 2.73. The summed E-state index contributed by atoms with van der Waals surface area (Å²) in [6, 6.07) is 2.00. The second-order valence-corrected chi connectivity index (χ2v) is 5.59. The number of fused-ring (bicyclic) bond motifs is 1. The summed E-state index contributed by atoms with van der Waals surface area (Å²) in [5.41, 5.74) is 0. The monoisotopic (exact) mass is 357 g/mol. The summed E-state index contributed by atoms with van der Waals surface area (Å²) in [4.78, 5) is 6.63. The van der Waals surface area contributed by atoms with Crippen LogP contribution in [0.5, 0.6) is 0 Å². The van der Waals surface area contributed by atoms with Gasteiger partial charge in [0.2, 0.25) is 0 Å². The van der Waals surface area contributed by atoms with E-state index in [1.54, 1.807) is 12.5 Å². The predicted molar refractivity (Wildman–Crippen MR) is 70.7 cm³/mol. The number of rotatable bonds is 1. The van der Waals surface area contributed by atoms with Crippen LogP contribution >= 0.6 is 31.9 Å². The molecule has 2 aromatic rings. The highest BCUT2D eigenvalue weighted by atomic mass is 79.9. The lowest BCUT2D eigenvalue weighted by Crippen LogP contribution is -2.34. The summed E-state index contributed by atoms with van der Waals surface area (Å²) >= 11 is 6.94. The van der Waals surface area contributed by atoms with Crippen LogP contribution in [0.4, 0.5) is 5.82 Å². The third-order valence-corrected chi connectivity index (χ3v) is 3.74. The van der Waals surface area contributed by atoms with Crippen LogP contribution in [0.1, 0.15) is 5.82 Å². The molecule has 0 amide bonds. The van der Waals surface area contributed by atoms with E-state index in [1.165, 1.54) is 0 Å². The molecule has 0 saturated heterocycles. The van der Waals surface area contributed by atoms with Crippen molar-refractivity contribution in [1.29, 1.82) is 0 Å². The highest BCUT2D eigenvalue weighted by Gasteiger charge is 2.20. The van der Waals surface area contributed by atoms with Crippen molar-refractivity contribution in [3.05, 3.63) is 33.4 Å². The molecule has 0 fully saturated rings. The van der Waals surface area contributed by atoms with Gasteiger partial charge in [0.15, 0.2) is 5.82 Å². The first-order valence-electron chi connectivity index (χ1n) is 5.17. The van der Waals surface area contributed by atoms with E-state index >= 15 is 0 Å². The smallest absolute Gasteiger partial charge is 0.152 e. The van der Waals surface area contributed by atoms with Gasteiger partial charge in [-0.1, -0.05) is 0 Å². The van der Waals surface area contributed by atoms with Gasteiger partial charge in [-0.05, 0) is 37.9 Å². The van der Waals surface area contributed by atoms with Crippen molar-refractivity contribution in [2.75, 3.05) is 11.4 Å². The van der Waals surface area contributed by atoms with E-state index in [1.807, 2.05) is 6.07 Å². The van der Waals surface area contributed by atoms with E-state index < -0.39 is 0 Å². The first-order chi connectivity index (χ1) is 8.24. The van der Waals surface area contributed by atoms with Crippen molar-refractivity contribution in [2.24, 2.45) is 0 Å². The van der Waals surface area contributed by atoms with Gasteiger partial charge in [-0.3, -0.25) is 0 Å². The number of anilines is 1. The maximum absolute atomic E-state index is 4.43. The normalized spacial score (nSPS) is 14.8. The van der Waals surface area contributed by atoms with Crippen LogP contribution in [-0.4, -0.2) is 26.3 Å². The largest absolute Gasteiger partial charge is 0.346 e. The second kappa shape index (κ2) is 4.38. The van der Waals surface area contributed by atoms with Crippen LogP contribution in [0.2, 0.25) is 0 Å². The molecule has 0 atom stereocenters. The van der Waals surface area contributed by atoms with Gasteiger partial charge in [-0.25, -0.2) is 4.98 Å². The van der Waals surface area contributed by atoms with Gasteiger partial charge < -0.3 is 9.47 Å². The maximum atomic E-state index is 4.43. The van der Waals surface area contributed by atoms with E-state index in [9.17, 15) is 0 Å². The molecule has 5 nitrogen and oxygen atoms in total. The summed E-state index contributed by atoms with van der Waals surface area (Å²) < 4.78 is 4.02. The van der Waals surface area contributed by atoms with Gasteiger partial charge in [0.25, 0.3) is 0 Å². The molecule has 0 aliphatic carbocycles. The standard InChI is InChI=1S/C10H9Br2N5/c11-7-3-8(12)10(13-4-7)16-1-2-17-6-14-15-9(17)5-16/h3-4,6H,1-2,5H2. The summed E-state index contributed by atoms with van der Waals surface area (Å²) in [6.07, 6.45) is 3.58. The highest BCUT2D eigenvalue weighted by molar-refractivity contribution is 9.11. The fraction of sp³-hybridized carbons (Fsp3) is 0.300. The molecule has 17 heavy (non-hydrogen) atoms. The molecule has 0 spiro atoms. The molecule has 88 valence electrons. The van der Waals surface area contributed by atoms with Crippen molar-refractivity contribution < 1.29 is 0 Å². The Morgan fingerprint density at radius 3 is 2.94 bits per heavy atom. The molecule has 0 bridgehead atoms. The summed E-state index contributed by atoms with van der Waals surface area (Å²) in [6.45, 7) is 2.55. The van der Waals surface area contributed by atoms with Crippen molar-refractivity contribution in [2.45, 2.75) is 13.1 Å². The average Bonchev–Trinajstić information content (AvgIpc) is 2.75. The minimum atomic E-state index is 0.743. The van der Waals surface area contributed by atoms with Crippen molar-refractivity contribution in [1.82, 2.24) is 19.7 Å². The zero-order chi connectivity index (χ0) is 11.8. The molecule has 2 aromatic heterocycles. The number of pyridine rings is 1. The third kappa shape index (κ3) is 2.09. The fourth-order valence-corrected chi connectivity index (χ4v) is 3.13. The van der Waals surface area contributed by atoms with Gasteiger partial charge in [0, 0.05) is 23.8 Å². The van der Waals surface area contributed by atoms with Gasteiger partial charge >= 0.3 is 0 Å². The van der Waals surface area contributed by atoms with Gasteiger partial charge in [0.05, 0.1) is 11.0 Å². The van der Waals surface area contributed by atoms with Crippen LogP contribution in [0, 0.1) is 0 Å². The Kier molecular flexibility index (Phi) is 2.87. The topological polar surface area (TPSA) is 46.8 Å². The summed E-state index contributed by atoms with van der Waals surface area (Å²) in [5.74, 6) is 1.93. The molecule has 3 heterocycles. The summed E-state index contributed by atoms with van der Waals surface area (Å²) in [7, 11) is 0. The molecule has 3 rings (SSSR count). The van der Waals surface area contributed by atoms with Gasteiger partial charge in [-0.2, -0.15) is 0 Å². The van der Waals surface area contributed by atoms with Crippen molar-refractivity contribution in [3.8, 4) is 0 Å². The number of hydrogen-bond acceptors (Lipinski definition) is 4. The lowest BCUT2D eigenvalue weighted by atomic mass is 10.3. The molecular weight excluding hydrogens is 350 g/mol. The average molecular weight is 359 g/mol. The predicted octanol–water partition coefficient (Wildman–Crippen LogP) is 2.22. The Labute approximate surface area is 115 Å². The SMILES string of the molecule is Brc1cnc(N2CCn3cnnc3C2)c(Br)c1. The van der Waals surface area contributed by atoms with Crippen LogP contribution in [0.3, 0.4) is 0 Å². The zero-order valence-corrected chi connectivity index (χ0v) is 12.0. The Hall–Kier alpha value is -0.950. The molecule has 7 heteroatoms. The number of hydrogen-bond donors (Lipinski definition) is 0. The number of aromatic nitrogens is 4. The van der Waals surface area contributed by atoms with E-state index in [2.05, 4.69) is 56.5 Å². The first-order valence-corrected chi connectivity index (χ1v) is 6.75. The molecule has 0 aromatic carbocycles. The first kappa shape index (κ1) is 11.2. The minimum Gasteiger partial charge on any atom is -0.346 e. The van der Waals surface area contributed by atoms with Crippen LogP contribution in [-0.2, 0) is 13.1 Å². The fourth-order valence-electron chi connectivity index (χ4n) is 1.89. The Morgan fingerprint density at radius 1 is 1.24 bits per heavy atom. The quantitative estimate of drug-likeness (QED) is 0.784. The van der Waals surface area contributed by atoms with Crippen LogP contribution in [0.15, 0.2) is 27.5 Å². The Bertz CT molecular complexity index is 553. The number of nitrogens with zero attached hydrogens (tertiary/aromatic N) is 5. The molecular formula is C10H9Br2N5. The van der Waals surface area contributed by atoms with Gasteiger partial charge in [0.1, 0.15) is 12.1 Å². The van der Waals surface area contributed by atoms with Crippen LogP contribution in [0.25, 0.3) is 0 Å². The van der Waals surface area contributed by atoms with Crippen molar-refractivity contribution in [3.63, 3.8) is 0 Å². The Balaban J connectivity index is 1.91. The van der Waals surface area contributed by atoms with E-state index in [0.717, 1.165) is 40.2 Å². The maximum Gasteiger partial charge on any atom is 0.152 e. The van der Waals surface area contributed by atoms with Crippen molar-refractivity contribution >= 4 is 37.7 Å². The lowest BCUT2D eigenvalue weighted by molar-refractivity contribution is 0.555. The molecule has 0 unspecified atom stereocenters. The Morgan fingerprint density at radius 2 is 2.12 bits per heavy atom. The zero-order valence-electron chi connectivity index (χ0n) is 8.85. The van der Waals surface area contributed by atoms with E-state index in [4.69, 9.17) is 0 Å². The highest BCUT2D eigenvalue weighted by Crippen LogP contribution is 2.28. The molecule has 0 N–H and O–H groups in total. The van der Waals surface area contributed by atoms with E-state index in [0.29, 0.717) is 0 Å². The van der Waals surface area contributed by atoms with E-state index in [-0.39, 0.29) is 0 Å². The van der Waals surface area contributed by atoms with Crippen LogP contribution < -0.4 is 4.90 Å². The summed E-state index contributed by atoms with van der Waals surface area (Å²) in [5, 5.41) is 8.01. The molecule has 0 radical (unpaired) electrons. The molecule has 1 aliphatic heterocycles. The lowest BCUT2D eigenvalue weighted by Gasteiger charge is -2.28. The minimum absolute atomic E-state index is 0.743. The van der Waals surface area contributed by atoms with Gasteiger partial charge in [-0.15, -0.1) is 10.2 Å². The molecule has 1 aliphatic rings. The number of halogens is 2. The second-order valence-electron chi connectivity index (χ2n) is 3.82. The molecule has 0 saturated carbocycles.